The van der Waals surface area contributed by atoms with Crippen LogP contribution in [0.25, 0.3) is 0 Å². The van der Waals surface area contributed by atoms with Crippen molar-refractivity contribution in [3.63, 3.8) is 0 Å². The first-order valence-corrected chi connectivity index (χ1v) is 3.96. The van der Waals surface area contributed by atoms with E-state index in [2.05, 4.69) is 19.1 Å². The molecular formula is C7H9LiO3S. The zero-order chi connectivity index (χ0) is 8.69. The minimum atomic E-state index is -2.86. The van der Waals surface area contributed by atoms with E-state index in [1.165, 1.54) is 5.56 Å². The van der Waals surface area contributed by atoms with E-state index in [1.807, 2.05) is 18.2 Å². The Morgan fingerprint density at radius 3 is 1.67 bits per heavy atom. The van der Waals surface area contributed by atoms with Gasteiger partial charge in [-0.15, -0.1) is 0 Å². The summed E-state index contributed by atoms with van der Waals surface area (Å²) < 4.78 is 24.1. The monoisotopic (exact) mass is 180 g/mol. The summed E-state index contributed by atoms with van der Waals surface area (Å²) in [5, 5.41) is 0. The SMILES string of the molecule is Cc1ccccc1.O=[S-](=O)O.[Li+]. The van der Waals surface area contributed by atoms with Gasteiger partial charge in [-0.05, 0) is 6.92 Å². The van der Waals surface area contributed by atoms with Gasteiger partial charge < -0.3 is 13.0 Å². The Hall–Kier alpha value is -0.273. The van der Waals surface area contributed by atoms with Crippen LogP contribution in [0.1, 0.15) is 5.56 Å². The average molecular weight is 180 g/mol. The summed E-state index contributed by atoms with van der Waals surface area (Å²) in [6.07, 6.45) is 0. The molecule has 0 fully saturated rings. The van der Waals surface area contributed by atoms with E-state index in [0.29, 0.717) is 0 Å². The van der Waals surface area contributed by atoms with Crippen LogP contribution in [-0.4, -0.2) is 4.55 Å². The van der Waals surface area contributed by atoms with Crippen molar-refractivity contribution in [1.82, 2.24) is 0 Å². The summed E-state index contributed by atoms with van der Waals surface area (Å²) >= 11 is 0. The van der Waals surface area contributed by atoms with Crippen molar-refractivity contribution in [3.05, 3.63) is 35.9 Å². The molecule has 0 amide bonds. The van der Waals surface area contributed by atoms with Crippen LogP contribution in [0.2, 0.25) is 0 Å². The maximum atomic E-state index is 8.56. The number of aryl methyl sites for hydroxylation is 1. The van der Waals surface area contributed by atoms with Gasteiger partial charge in [0.05, 0.1) is 0 Å². The molecule has 0 saturated heterocycles. The van der Waals surface area contributed by atoms with Crippen molar-refractivity contribution in [2.24, 2.45) is 0 Å². The van der Waals surface area contributed by atoms with Gasteiger partial charge in [0, 0.05) is 11.0 Å². The maximum Gasteiger partial charge on any atom is 1.00 e. The summed E-state index contributed by atoms with van der Waals surface area (Å²) in [6.45, 7) is 2.08. The average Bonchev–Trinajstić information content (AvgIpc) is 1.87. The second-order valence-corrected chi connectivity index (χ2v) is 2.31. The molecule has 0 aromatic heterocycles. The molecule has 0 unspecified atom stereocenters. The van der Waals surface area contributed by atoms with E-state index in [9.17, 15) is 0 Å². The van der Waals surface area contributed by atoms with Gasteiger partial charge >= 0.3 is 18.9 Å². The molecule has 1 rings (SSSR count). The molecule has 0 saturated carbocycles. The summed E-state index contributed by atoms with van der Waals surface area (Å²) in [7, 11) is -2.86. The molecule has 0 aliphatic rings. The van der Waals surface area contributed by atoms with E-state index in [1.54, 1.807) is 0 Å². The van der Waals surface area contributed by atoms with Gasteiger partial charge in [-0.1, -0.05) is 35.9 Å². The molecule has 0 spiro atoms. The minimum Gasteiger partial charge on any atom is -0.439 e. The van der Waals surface area contributed by atoms with Crippen LogP contribution in [-0.2, 0) is 19.4 Å². The maximum absolute atomic E-state index is 8.56. The van der Waals surface area contributed by atoms with Crippen molar-refractivity contribution in [2.75, 3.05) is 0 Å². The van der Waals surface area contributed by atoms with Crippen LogP contribution in [0.4, 0.5) is 0 Å². The third-order valence-corrected chi connectivity index (χ3v) is 0.940. The molecule has 5 heteroatoms. The van der Waals surface area contributed by atoms with Crippen molar-refractivity contribution in [3.8, 4) is 0 Å². The third kappa shape index (κ3) is 12.4. The fourth-order valence-electron chi connectivity index (χ4n) is 0.534. The predicted molar refractivity (Wildman–Crippen MR) is 42.5 cm³/mol. The van der Waals surface area contributed by atoms with Crippen molar-refractivity contribution in [1.29, 1.82) is 0 Å². The fourth-order valence-corrected chi connectivity index (χ4v) is 0.534. The van der Waals surface area contributed by atoms with E-state index in [-0.39, 0.29) is 18.9 Å². The number of hydrogen-bond donors (Lipinski definition) is 1. The van der Waals surface area contributed by atoms with Crippen LogP contribution in [0, 0.1) is 6.92 Å². The van der Waals surface area contributed by atoms with Crippen LogP contribution in [0.15, 0.2) is 30.3 Å². The van der Waals surface area contributed by atoms with Crippen molar-refractivity contribution < 1.29 is 31.8 Å². The molecule has 12 heavy (non-hydrogen) atoms. The summed E-state index contributed by atoms with van der Waals surface area (Å²) in [6, 6.07) is 10.3. The van der Waals surface area contributed by atoms with E-state index in [0.717, 1.165) is 0 Å². The zero-order valence-electron chi connectivity index (χ0n) is 7.06. The molecule has 0 radical (unpaired) electrons. The number of hydrogen-bond acceptors (Lipinski definition) is 3. The Morgan fingerprint density at radius 2 is 1.50 bits per heavy atom. The van der Waals surface area contributed by atoms with Gasteiger partial charge in [0.15, 0.2) is 0 Å². The van der Waals surface area contributed by atoms with Gasteiger partial charge in [-0.2, -0.15) is 0 Å². The summed E-state index contributed by atoms with van der Waals surface area (Å²) in [5.74, 6) is 0. The summed E-state index contributed by atoms with van der Waals surface area (Å²) in [5.41, 5.74) is 1.32. The largest absolute Gasteiger partial charge is 1.00 e. The second kappa shape index (κ2) is 8.82. The van der Waals surface area contributed by atoms with E-state index < -0.39 is 11.0 Å². The fraction of sp³-hybridized carbons (Fsp3) is 0.143. The standard InChI is InChI=1S/C7H8.Li.HO3S/c1-7-5-3-2-4-6-7;;1-4(2)3/h2-6H,1H3;;(H,1,2,3)/q;+1;-1. The van der Waals surface area contributed by atoms with Crippen LogP contribution >= 0.6 is 0 Å². The molecule has 1 aromatic carbocycles. The molecular weight excluding hydrogens is 171 g/mol. The van der Waals surface area contributed by atoms with Crippen LogP contribution in [0.5, 0.6) is 0 Å². The Bertz CT molecular complexity index is 251. The van der Waals surface area contributed by atoms with Gasteiger partial charge in [0.25, 0.3) is 0 Å². The topological polar surface area (TPSA) is 54.4 Å². The van der Waals surface area contributed by atoms with Gasteiger partial charge in [-0.3, -0.25) is 0 Å². The second-order valence-electron chi connectivity index (χ2n) is 1.87. The normalized spacial score (nSPS) is 7.92. The van der Waals surface area contributed by atoms with Gasteiger partial charge in [0.2, 0.25) is 0 Å². The first-order valence-electron chi connectivity index (χ1n) is 2.93. The molecule has 0 bridgehead atoms. The van der Waals surface area contributed by atoms with Crippen LogP contribution in [0.3, 0.4) is 0 Å². The molecule has 0 heterocycles. The first-order chi connectivity index (χ1) is 5.13. The van der Waals surface area contributed by atoms with Crippen molar-refractivity contribution in [2.45, 2.75) is 6.92 Å². The van der Waals surface area contributed by atoms with E-state index >= 15 is 0 Å². The number of rotatable bonds is 0. The minimum absolute atomic E-state index is 0. The molecule has 62 valence electrons. The molecule has 0 atom stereocenters. The van der Waals surface area contributed by atoms with Gasteiger partial charge in [0.1, 0.15) is 0 Å². The Labute approximate surface area is 85.8 Å². The molecule has 0 aliphatic carbocycles. The van der Waals surface area contributed by atoms with Gasteiger partial charge in [-0.25, -0.2) is 0 Å². The van der Waals surface area contributed by atoms with Crippen LogP contribution < -0.4 is 18.9 Å². The smallest absolute Gasteiger partial charge is 0.439 e. The molecule has 0 aliphatic heterocycles. The van der Waals surface area contributed by atoms with E-state index in [4.69, 9.17) is 13.0 Å². The molecule has 3 nitrogen and oxygen atoms in total. The quantitative estimate of drug-likeness (QED) is 0.235. The first kappa shape index (κ1) is 14.3. The zero-order valence-corrected chi connectivity index (χ0v) is 7.88. The summed E-state index contributed by atoms with van der Waals surface area (Å²) in [4.78, 5) is 0. The van der Waals surface area contributed by atoms with Crippen molar-refractivity contribution >= 4 is 11.0 Å². The Kier molecular flexibility index (Phi) is 10.5. The predicted octanol–water partition coefficient (Wildman–Crippen LogP) is -1.23. The Balaban J connectivity index is 0. The molecule has 1 aromatic rings. The Morgan fingerprint density at radius 1 is 1.17 bits per heavy atom. The third-order valence-electron chi connectivity index (χ3n) is 0.940. The molecule has 1 N–H and O–H groups in total. The number of benzene rings is 1.